The van der Waals surface area contributed by atoms with Gasteiger partial charge < -0.3 is 4.98 Å². The van der Waals surface area contributed by atoms with Gasteiger partial charge in [-0.1, -0.05) is 35.9 Å². The zero-order valence-corrected chi connectivity index (χ0v) is 16.3. The van der Waals surface area contributed by atoms with Gasteiger partial charge in [0.1, 0.15) is 5.69 Å². The first kappa shape index (κ1) is 17.7. The maximum atomic E-state index is 4.65. The molecule has 6 heteroatoms. The molecule has 0 fully saturated rings. The summed E-state index contributed by atoms with van der Waals surface area (Å²) in [6, 6.07) is 14.6. The molecule has 4 heterocycles. The number of pyridine rings is 1. The monoisotopic (exact) mass is 382 g/mol. The molecule has 0 saturated heterocycles. The lowest BCUT2D eigenvalue weighted by molar-refractivity contribution is 0.200. The molecule has 144 valence electrons. The number of hydrogen-bond acceptors (Lipinski definition) is 5. The fraction of sp³-hybridized carbons (Fsp3) is 0.217. The van der Waals surface area contributed by atoms with Crippen LogP contribution >= 0.6 is 0 Å². The third kappa shape index (κ3) is 3.54. The van der Waals surface area contributed by atoms with Crippen molar-refractivity contribution in [3.8, 4) is 11.5 Å². The molecule has 1 N–H and O–H groups in total. The van der Waals surface area contributed by atoms with Crippen LogP contribution in [0.15, 0.2) is 67.4 Å². The molecule has 0 amide bonds. The number of aryl methyl sites for hydroxylation is 1. The number of fused-ring (bicyclic) bond motifs is 1. The summed E-state index contributed by atoms with van der Waals surface area (Å²) < 4.78 is 0. The molecule has 4 aromatic rings. The molecule has 0 saturated carbocycles. The van der Waals surface area contributed by atoms with E-state index in [4.69, 9.17) is 0 Å². The van der Waals surface area contributed by atoms with Crippen LogP contribution in [0.25, 0.3) is 11.5 Å². The molecule has 3 aromatic heterocycles. The quantitative estimate of drug-likeness (QED) is 0.582. The van der Waals surface area contributed by atoms with Gasteiger partial charge in [-0.2, -0.15) is 0 Å². The molecule has 0 aliphatic carbocycles. The van der Waals surface area contributed by atoms with Crippen LogP contribution in [0.3, 0.4) is 0 Å². The average Bonchev–Trinajstić information content (AvgIpc) is 3.24. The molecular weight excluding hydrogens is 360 g/mol. The van der Waals surface area contributed by atoms with Crippen LogP contribution in [0.2, 0.25) is 0 Å². The van der Waals surface area contributed by atoms with E-state index in [0.29, 0.717) is 5.82 Å². The number of aromatic amines is 1. The highest BCUT2D eigenvalue weighted by Gasteiger charge is 2.31. The second-order valence-electron chi connectivity index (χ2n) is 7.43. The van der Waals surface area contributed by atoms with E-state index in [0.717, 1.165) is 36.5 Å². The molecule has 1 aliphatic rings. The Kier molecular flexibility index (Phi) is 4.62. The van der Waals surface area contributed by atoms with Crippen LogP contribution in [0.4, 0.5) is 0 Å². The van der Waals surface area contributed by atoms with Gasteiger partial charge in [-0.3, -0.25) is 9.88 Å². The minimum atomic E-state index is 0.126. The lowest BCUT2D eigenvalue weighted by Gasteiger charge is -2.35. The summed E-state index contributed by atoms with van der Waals surface area (Å²) in [5, 5.41) is 0. The normalized spacial score (nSPS) is 16.5. The molecule has 1 aromatic carbocycles. The third-order valence-corrected chi connectivity index (χ3v) is 5.40. The number of nitrogens with zero attached hydrogens (tertiary/aromatic N) is 5. The SMILES string of the molecule is Cc1ccc([C@H]2c3nc[nH]c3CCN2Cc2cnc(-c3ccccn3)nc2)cc1. The van der Waals surface area contributed by atoms with Crippen molar-refractivity contribution in [1.29, 1.82) is 0 Å². The molecule has 0 radical (unpaired) electrons. The van der Waals surface area contributed by atoms with E-state index in [1.54, 1.807) is 12.5 Å². The van der Waals surface area contributed by atoms with Crippen LogP contribution in [-0.4, -0.2) is 36.4 Å². The predicted molar refractivity (Wildman–Crippen MR) is 111 cm³/mol. The number of nitrogens with one attached hydrogen (secondary N) is 1. The zero-order chi connectivity index (χ0) is 19.6. The number of aromatic nitrogens is 5. The van der Waals surface area contributed by atoms with Crippen LogP contribution in [0.5, 0.6) is 0 Å². The Balaban J connectivity index is 1.43. The first-order valence-electron chi connectivity index (χ1n) is 9.83. The standard InChI is InChI=1S/C23H22N6/c1-16-5-7-18(8-6-16)22-21-19(27-15-28-21)9-11-29(22)14-17-12-25-23(26-13-17)20-4-2-3-10-24-20/h2-8,10,12-13,15,22H,9,11,14H2,1H3,(H,27,28)/t22-/m0/s1. The highest BCUT2D eigenvalue weighted by Crippen LogP contribution is 2.34. The Hall–Kier alpha value is -3.38. The molecule has 1 atom stereocenters. The molecule has 5 rings (SSSR count). The maximum absolute atomic E-state index is 4.65. The van der Waals surface area contributed by atoms with Crippen LogP contribution in [0.1, 0.15) is 34.1 Å². The van der Waals surface area contributed by atoms with Gasteiger partial charge in [-0.25, -0.2) is 15.0 Å². The first-order chi connectivity index (χ1) is 14.3. The fourth-order valence-electron chi connectivity index (χ4n) is 3.91. The number of benzene rings is 1. The van der Waals surface area contributed by atoms with Crippen LogP contribution in [0, 0.1) is 6.92 Å². The van der Waals surface area contributed by atoms with Crippen molar-refractivity contribution in [2.45, 2.75) is 25.9 Å². The van der Waals surface area contributed by atoms with Crippen molar-refractivity contribution in [2.75, 3.05) is 6.54 Å². The first-order valence-corrected chi connectivity index (χ1v) is 9.83. The van der Waals surface area contributed by atoms with Gasteiger partial charge in [0.2, 0.25) is 0 Å². The second-order valence-corrected chi connectivity index (χ2v) is 7.43. The van der Waals surface area contributed by atoms with Gasteiger partial charge >= 0.3 is 0 Å². The van der Waals surface area contributed by atoms with Crippen molar-refractivity contribution < 1.29 is 0 Å². The predicted octanol–water partition coefficient (Wildman–Crippen LogP) is 3.72. The van der Waals surface area contributed by atoms with E-state index in [9.17, 15) is 0 Å². The van der Waals surface area contributed by atoms with Crippen LogP contribution < -0.4 is 0 Å². The molecule has 0 unspecified atom stereocenters. The van der Waals surface area contributed by atoms with Crippen molar-refractivity contribution >= 4 is 0 Å². The highest BCUT2D eigenvalue weighted by molar-refractivity contribution is 5.47. The van der Waals surface area contributed by atoms with E-state index >= 15 is 0 Å². The Morgan fingerprint density at radius 2 is 1.83 bits per heavy atom. The molecule has 6 nitrogen and oxygen atoms in total. The van der Waals surface area contributed by atoms with Crippen molar-refractivity contribution in [3.05, 3.63) is 95.5 Å². The van der Waals surface area contributed by atoms with E-state index in [2.05, 4.69) is 61.0 Å². The lowest BCUT2D eigenvalue weighted by atomic mass is 9.94. The average molecular weight is 382 g/mol. The fourth-order valence-corrected chi connectivity index (χ4v) is 3.91. The molecule has 0 spiro atoms. The van der Waals surface area contributed by atoms with Crippen LogP contribution in [-0.2, 0) is 13.0 Å². The Bertz CT molecular complexity index is 1090. The summed E-state index contributed by atoms with van der Waals surface area (Å²) in [5.74, 6) is 0.651. The zero-order valence-electron chi connectivity index (χ0n) is 16.3. The Morgan fingerprint density at radius 3 is 2.59 bits per heavy atom. The van der Waals surface area contributed by atoms with Crippen molar-refractivity contribution in [1.82, 2.24) is 29.8 Å². The van der Waals surface area contributed by atoms with E-state index < -0.39 is 0 Å². The molecule has 29 heavy (non-hydrogen) atoms. The largest absolute Gasteiger partial charge is 0.348 e. The van der Waals surface area contributed by atoms with Gasteiger partial charge in [0.15, 0.2) is 5.82 Å². The Morgan fingerprint density at radius 1 is 1.00 bits per heavy atom. The number of imidazole rings is 1. The van der Waals surface area contributed by atoms with Gasteiger partial charge in [0.25, 0.3) is 0 Å². The summed E-state index contributed by atoms with van der Waals surface area (Å²) in [5.41, 5.74) is 6.74. The summed E-state index contributed by atoms with van der Waals surface area (Å²) in [6.07, 6.45) is 8.34. The minimum Gasteiger partial charge on any atom is -0.348 e. The van der Waals surface area contributed by atoms with Gasteiger partial charge in [0.05, 0.1) is 18.1 Å². The summed E-state index contributed by atoms with van der Waals surface area (Å²) in [6.45, 7) is 3.84. The van der Waals surface area contributed by atoms with Crippen molar-refractivity contribution in [3.63, 3.8) is 0 Å². The highest BCUT2D eigenvalue weighted by atomic mass is 15.2. The topological polar surface area (TPSA) is 70.6 Å². The van der Waals surface area contributed by atoms with Crippen molar-refractivity contribution in [2.24, 2.45) is 0 Å². The smallest absolute Gasteiger partial charge is 0.178 e. The van der Waals surface area contributed by atoms with Gasteiger partial charge in [-0.15, -0.1) is 0 Å². The van der Waals surface area contributed by atoms with E-state index in [1.807, 2.05) is 30.6 Å². The van der Waals surface area contributed by atoms with Gasteiger partial charge in [0, 0.05) is 49.4 Å². The summed E-state index contributed by atoms with van der Waals surface area (Å²) >= 11 is 0. The lowest BCUT2D eigenvalue weighted by Crippen LogP contribution is -2.35. The third-order valence-electron chi connectivity index (χ3n) is 5.40. The molecule has 1 aliphatic heterocycles. The van der Waals surface area contributed by atoms with E-state index in [1.165, 1.54) is 16.8 Å². The summed E-state index contributed by atoms with van der Waals surface area (Å²) in [4.78, 5) is 23.8. The van der Waals surface area contributed by atoms with Gasteiger partial charge in [-0.05, 0) is 24.6 Å². The minimum absolute atomic E-state index is 0.126. The Labute approximate surface area is 169 Å². The molecule has 0 bridgehead atoms. The number of hydrogen-bond donors (Lipinski definition) is 1. The maximum Gasteiger partial charge on any atom is 0.178 e. The van der Waals surface area contributed by atoms with E-state index in [-0.39, 0.29) is 6.04 Å². The number of rotatable bonds is 4. The second kappa shape index (κ2) is 7.56. The summed E-state index contributed by atoms with van der Waals surface area (Å²) in [7, 11) is 0. The number of H-pyrrole nitrogens is 1. The molecular formula is C23H22N6.